The molecular weight excluding hydrogens is 400 g/mol. The third-order valence-electron chi connectivity index (χ3n) is 5.97. The molecule has 0 radical (unpaired) electrons. The zero-order valence-electron chi connectivity index (χ0n) is 19.0. The molecule has 0 saturated carbocycles. The molecule has 2 heterocycles. The van der Waals surface area contributed by atoms with Gasteiger partial charge in [0.1, 0.15) is 17.7 Å². The molecule has 1 N–H and O–H groups in total. The minimum absolute atomic E-state index is 0.0414. The molecule has 3 aromatic rings. The number of benzene rings is 2. The number of aryl methyl sites for hydroxylation is 1. The molecule has 0 aliphatic carbocycles. The molecule has 1 fully saturated rings. The highest BCUT2D eigenvalue weighted by Crippen LogP contribution is 2.21. The van der Waals surface area contributed by atoms with Gasteiger partial charge in [0.05, 0.1) is 6.54 Å². The number of imidazole rings is 1. The summed E-state index contributed by atoms with van der Waals surface area (Å²) in [5, 5.41) is 0. The Morgan fingerprint density at radius 1 is 1.16 bits per heavy atom. The number of carbonyl (C=O) groups excluding carboxylic acids is 1. The Morgan fingerprint density at radius 2 is 1.94 bits per heavy atom. The van der Waals surface area contributed by atoms with Gasteiger partial charge in [-0.05, 0) is 49.9 Å². The first-order valence-electron chi connectivity index (χ1n) is 11.4. The number of nitrogens with zero attached hydrogens (tertiary/aromatic N) is 3. The maximum atomic E-state index is 12.9. The first-order chi connectivity index (χ1) is 15.6. The predicted molar refractivity (Wildman–Crippen MR) is 126 cm³/mol. The average Bonchev–Trinajstić information content (AvgIpc) is 3.23. The van der Waals surface area contributed by atoms with Crippen LogP contribution in [0.25, 0.3) is 0 Å². The van der Waals surface area contributed by atoms with Crippen molar-refractivity contribution in [2.75, 3.05) is 26.7 Å². The fourth-order valence-electron chi connectivity index (χ4n) is 4.14. The van der Waals surface area contributed by atoms with Gasteiger partial charge in [-0.3, -0.25) is 4.79 Å². The van der Waals surface area contributed by atoms with Crippen molar-refractivity contribution in [3.05, 3.63) is 83.4 Å². The summed E-state index contributed by atoms with van der Waals surface area (Å²) < 4.78 is 6.24. The highest BCUT2D eigenvalue weighted by Gasteiger charge is 2.21. The number of carbonyl (C=O) groups is 1. The summed E-state index contributed by atoms with van der Waals surface area (Å²) in [6, 6.07) is 18.2. The second kappa shape index (κ2) is 10.5. The highest BCUT2D eigenvalue weighted by molar-refractivity contribution is 5.94. The molecule has 0 unspecified atom stereocenters. The van der Waals surface area contributed by atoms with E-state index >= 15 is 0 Å². The molecule has 1 aliphatic heterocycles. The van der Waals surface area contributed by atoms with Gasteiger partial charge in [0.25, 0.3) is 5.91 Å². The van der Waals surface area contributed by atoms with Gasteiger partial charge >= 0.3 is 0 Å². The van der Waals surface area contributed by atoms with Gasteiger partial charge in [0.15, 0.2) is 0 Å². The van der Waals surface area contributed by atoms with Crippen molar-refractivity contribution in [3.63, 3.8) is 0 Å². The number of H-pyrrole nitrogens is 1. The second-order valence-electron chi connectivity index (χ2n) is 8.60. The van der Waals surface area contributed by atoms with Crippen LogP contribution in [0.1, 0.15) is 40.3 Å². The van der Waals surface area contributed by atoms with Crippen molar-refractivity contribution in [2.24, 2.45) is 0 Å². The van der Waals surface area contributed by atoms with Gasteiger partial charge in [0.2, 0.25) is 0 Å². The number of ether oxygens (including phenoxy) is 1. The van der Waals surface area contributed by atoms with Crippen LogP contribution < -0.4 is 4.74 Å². The summed E-state index contributed by atoms with van der Waals surface area (Å²) in [6.45, 7) is 5.57. The molecule has 4 rings (SSSR count). The number of aromatic amines is 1. The van der Waals surface area contributed by atoms with E-state index in [1.165, 1.54) is 5.56 Å². The van der Waals surface area contributed by atoms with Crippen molar-refractivity contribution < 1.29 is 9.53 Å². The number of likely N-dealkylation sites (tertiary alicyclic amines) is 1. The molecule has 0 bridgehead atoms. The van der Waals surface area contributed by atoms with Crippen molar-refractivity contribution in [1.29, 1.82) is 0 Å². The summed E-state index contributed by atoms with van der Waals surface area (Å²) in [6.07, 6.45) is 5.06. The Morgan fingerprint density at radius 3 is 2.66 bits per heavy atom. The van der Waals surface area contributed by atoms with E-state index in [-0.39, 0.29) is 12.0 Å². The van der Waals surface area contributed by atoms with Crippen molar-refractivity contribution in [2.45, 2.75) is 38.8 Å². The van der Waals surface area contributed by atoms with Crippen LogP contribution in [-0.4, -0.2) is 58.5 Å². The predicted octanol–water partition coefficient (Wildman–Crippen LogP) is 4.08. The number of rotatable bonds is 8. The van der Waals surface area contributed by atoms with Gasteiger partial charge in [0, 0.05) is 44.1 Å². The van der Waals surface area contributed by atoms with Crippen LogP contribution in [0.5, 0.6) is 5.75 Å². The van der Waals surface area contributed by atoms with Crippen LogP contribution in [-0.2, 0) is 13.0 Å². The van der Waals surface area contributed by atoms with E-state index in [1.807, 2.05) is 31.2 Å². The molecule has 1 saturated heterocycles. The lowest BCUT2D eigenvalue weighted by molar-refractivity contribution is 0.0779. The second-order valence-corrected chi connectivity index (χ2v) is 8.60. The molecule has 1 aliphatic rings. The van der Waals surface area contributed by atoms with Gasteiger partial charge in [-0.15, -0.1) is 0 Å². The van der Waals surface area contributed by atoms with E-state index in [9.17, 15) is 4.79 Å². The van der Waals surface area contributed by atoms with Crippen LogP contribution in [0, 0.1) is 6.92 Å². The molecule has 6 heteroatoms. The summed E-state index contributed by atoms with van der Waals surface area (Å²) >= 11 is 0. The van der Waals surface area contributed by atoms with E-state index in [1.54, 1.807) is 18.1 Å². The fraction of sp³-hybridized carbons (Fsp3) is 0.385. The lowest BCUT2D eigenvalue weighted by Crippen LogP contribution is -2.39. The third-order valence-corrected chi connectivity index (χ3v) is 5.97. The quantitative estimate of drug-likeness (QED) is 0.583. The van der Waals surface area contributed by atoms with E-state index in [2.05, 4.69) is 45.2 Å². The Balaban J connectivity index is 1.26. The topological polar surface area (TPSA) is 61.5 Å². The normalized spacial score (nSPS) is 14.9. The van der Waals surface area contributed by atoms with Gasteiger partial charge in [-0.2, -0.15) is 0 Å². The third kappa shape index (κ3) is 5.98. The Hall–Kier alpha value is -3.12. The number of hydrogen-bond acceptors (Lipinski definition) is 4. The van der Waals surface area contributed by atoms with Gasteiger partial charge < -0.3 is 19.5 Å². The van der Waals surface area contributed by atoms with E-state index < -0.39 is 0 Å². The zero-order chi connectivity index (χ0) is 22.3. The lowest BCUT2D eigenvalue weighted by atomic mass is 10.1. The highest BCUT2D eigenvalue weighted by atomic mass is 16.5. The Labute approximate surface area is 190 Å². The van der Waals surface area contributed by atoms with Crippen molar-refractivity contribution in [3.8, 4) is 5.75 Å². The fourth-order valence-corrected chi connectivity index (χ4v) is 4.14. The first kappa shape index (κ1) is 22.1. The van der Waals surface area contributed by atoms with Gasteiger partial charge in [-0.25, -0.2) is 4.98 Å². The maximum absolute atomic E-state index is 12.9. The van der Waals surface area contributed by atoms with E-state index in [0.717, 1.165) is 56.2 Å². The number of hydrogen-bond donors (Lipinski definition) is 1. The van der Waals surface area contributed by atoms with Crippen molar-refractivity contribution in [1.82, 2.24) is 19.8 Å². The Bertz CT molecular complexity index is 1010. The van der Waals surface area contributed by atoms with Crippen LogP contribution in [0.4, 0.5) is 0 Å². The average molecular weight is 433 g/mol. The maximum Gasteiger partial charge on any atom is 0.254 e. The van der Waals surface area contributed by atoms with E-state index in [4.69, 9.17) is 4.74 Å². The molecule has 1 amide bonds. The molecule has 0 atom stereocenters. The molecule has 1 aromatic heterocycles. The Kier molecular flexibility index (Phi) is 7.22. The SMILES string of the molecule is Cc1cnc(CN(C)C(=O)c2cccc(OC3CCN(CCc4ccccc4)CC3)c2)[nH]1. The monoisotopic (exact) mass is 432 g/mol. The molecule has 2 aromatic carbocycles. The van der Waals surface area contributed by atoms with Crippen LogP contribution >= 0.6 is 0 Å². The smallest absolute Gasteiger partial charge is 0.254 e. The molecule has 168 valence electrons. The zero-order valence-corrected chi connectivity index (χ0v) is 19.0. The number of nitrogens with one attached hydrogen (secondary N) is 1. The van der Waals surface area contributed by atoms with Gasteiger partial charge in [-0.1, -0.05) is 36.4 Å². The van der Waals surface area contributed by atoms with E-state index in [0.29, 0.717) is 12.1 Å². The largest absolute Gasteiger partial charge is 0.490 e. The molecule has 0 spiro atoms. The number of piperidine rings is 1. The van der Waals surface area contributed by atoms with Crippen LogP contribution in [0.3, 0.4) is 0 Å². The lowest BCUT2D eigenvalue weighted by Gasteiger charge is -2.32. The number of amides is 1. The minimum Gasteiger partial charge on any atom is -0.490 e. The minimum atomic E-state index is -0.0414. The van der Waals surface area contributed by atoms with Crippen molar-refractivity contribution >= 4 is 5.91 Å². The number of aromatic nitrogens is 2. The van der Waals surface area contributed by atoms with Crippen LogP contribution in [0.15, 0.2) is 60.8 Å². The first-order valence-corrected chi connectivity index (χ1v) is 11.4. The molecule has 6 nitrogen and oxygen atoms in total. The summed E-state index contributed by atoms with van der Waals surface area (Å²) in [5.41, 5.74) is 3.01. The molecular formula is C26H32N4O2. The summed E-state index contributed by atoms with van der Waals surface area (Å²) in [4.78, 5) is 24.5. The molecule has 32 heavy (non-hydrogen) atoms. The summed E-state index contributed by atoms with van der Waals surface area (Å²) in [5.74, 6) is 1.51. The summed E-state index contributed by atoms with van der Waals surface area (Å²) in [7, 11) is 1.79. The van der Waals surface area contributed by atoms with Crippen LogP contribution in [0.2, 0.25) is 0 Å². The standard InChI is InChI=1S/C26H32N4O2/c1-20-18-27-25(28-20)19-29(2)26(31)22-9-6-10-24(17-22)32-23-12-15-30(16-13-23)14-11-21-7-4-3-5-8-21/h3-10,17-18,23H,11-16,19H2,1-2H3,(H,27,28).